The van der Waals surface area contributed by atoms with E-state index in [4.69, 9.17) is 0 Å². The van der Waals surface area contributed by atoms with Gasteiger partial charge in [0.1, 0.15) is 5.69 Å². The fraction of sp³-hybridized carbons (Fsp3) is 0.500. The minimum atomic E-state index is -0.313. The van der Waals surface area contributed by atoms with Crippen LogP contribution in [0.4, 0.5) is 0 Å². The van der Waals surface area contributed by atoms with Crippen molar-refractivity contribution in [2.45, 2.75) is 18.9 Å². The lowest BCUT2D eigenvalue weighted by Crippen LogP contribution is -2.33. The van der Waals surface area contributed by atoms with Crippen LogP contribution in [0.2, 0.25) is 0 Å². The predicted molar refractivity (Wildman–Crippen MR) is 58.2 cm³/mol. The maximum Gasteiger partial charge on any atom is 0.271 e. The second kappa shape index (κ2) is 4.89. The SMILES string of the molecule is O=C(NCCNC1CC1)c1ccc(=O)[nH]n1. The number of aromatic nitrogens is 2. The number of H-pyrrole nitrogens is 1. The number of nitrogens with zero attached hydrogens (tertiary/aromatic N) is 1. The summed E-state index contributed by atoms with van der Waals surface area (Å²) < 4.78 is 0. The van der Waals surface area contributed by atoms with Crippen LogP contribution >= 0.6 is 0 Å². The molecular weight excluding hydrogens is 208 g/mol. The average molecular weight is 222 g/mol. The first-order chi connectivity index (χ1) is 7.75. The number of carbonyl (C=O) groups excluding carboxylic acids is 1. The Morgan fingerprint density at radius 2 is 2.25 bits per heavy atom. The molecule has 3 N–H and O–H groups in total. The third-order valence-electron chi connectivity index (χ3n) is 2.33. The molecule has 0 aliphatic heterocycles. The van der Waals surface area contributed by atoms with Gasteiger partial charge in [-0.05, 0) is 18.9 Å². The maximum atomic E-state index is 11.5. The maximum absolute atomic E-state index is 11.5. The van der Waals surface area contributed by atoms with Gasteiger partial charge in [-0.15, -0.1) is 0 Å². The monoisotopic (exact) mass is 222 g/mol. The van der Waals surface area contributed by atoms with E-state index in [1.807, 2.05) is 0 Å². The van der Waals surface area contributed by atoms with Crippen LogP contribution in [0.15, 0.2) is 16.9 Å². The Morgan fingerprint density at radius 3 is 2.88 bits per heavy atom. The molecule has 1 saturated carbocycles. The van der Waals surface area contributed by atoms with Gasteiger partial charge < -0.3 is 10.6 Å². The van der Waals surface area contributed by atoms with Crippen LogP contribution in [-0.4, -0.2) is 35.2 Å². The van der Waals surface area contributed by atoms with Crippen LogP contribution in [0.25, 0.3) is 0 Å². The summed E-state index contributed by atoms with van der Waals surface area (Å²) in [5, 5.41) is 11.8. The standard InChI is InChI=1S/C10H14N4O2/c15-9-4-3-8(13-14-9)10(16)12-6-5-11-7-1-2-7/h3-4,7,11H,1-2,5-6H2,(H,12,16)(H,14,15). The first-order valence-electron chi connectivity index (χ1n) is 5.33. The Morgan fingerprint density at radius 1 is 1.44 bits per heavy atom. The van der Waals surface area contributed by atoms with Gasteiger partial charge >= 0.3 is 0 Å². The molecule has 0 atom stereocenters. The smallest absolute Gasteiger partial charge is 0.271 e. The number of nitrogens with one attached hydrogen (secondary N) is 3. The molecule has 0 bridgehead atoms. The van der Waals surface area contributed by atoms with Crippen LogP contribution in [0.5, 0.6) is 0 Å². The van der Waals surface area contributed by atoms with Gasteiger partial charge in [0, 0.05) is 25.2 Å². The summed E-state index contributed by atoms with van der Waals surface area (Å²) in [6.07, 6.45) is 2.46. The molecular formula is C10H14N4O2. The molecule has 1 fully saturated rings. The Labute approximate surface area is 92.4 Å². The molecule has 6 nitrogen and oxygen atoms in total. The van der Waals surface area contributed by atoms with Crippen molar-refractivity contribution in [2.75, 3.05) is 13.1 Å². The van der Waals surface area contributed by atoms with E-state index < -0.39 is 0 Å². The van der Waals surface area contributed by atoms with Crippen molar-refractivity contribution in [1.29, 1.82) is 0 Å². The molecule has 1 aromatic rings. The highest BCUT2D eigenvalue weighted by molar-refractivity contribution is 5.91. The van der Waals surface area contributed by atoms with E-state index in [-0.39, 0.29) is 17.2 Å². The summed E-state index contributed by atoms with van der Waals surface area (Å²) in [4.78, 5) is 22.2. The summed E-state index contributed by atoms with van der Waals surface area (Å²) in [5.74, 6) is -0.270. The number of aromatic amines is 1. The van der Waals surface area contributed by atoms with Crippen molar-refractivity contribution < 1.29 is 4.79 Å². The Hall–Kier alpha value is -1.69. The third kappa shape index (κ3) is 3.16. The zero-order valence-corrected chi connectivity index (χ0v) is 8.82. The number of hydrogen-bond donors (Lipinski definition) is 3. The Bertz CT molecular complexity index is 405. The molecule has 1 aliphatic rings. The number of carbonyl (C=O) groups is 1. The first kappa shape index (κ1) is 10.8. The molecule has 0 aromatic carbocycles. The molecule has 2 rings (SSSR count). The molecule has 1 amide bonds. The quantitative estimate of drug-likeness (QED) is 0.572. The van der Waals surface area contributed by atoms with E-state index >= 15 is 0 Å². The van der Waals surface area contributed by atoms with Crippen molar-refractivity contribution in [1.82, 2.24) is 20.8 Å². The number of rotatable bonds is 5. The highest BCUT2D eigenvalue weighted by atomic mass is 16.2. The molecule has 1 aliphatic carbocycles. The van der Waals surface area contributed by atoms with Gasteiger partial charge in [-0.1, -0.05) is 0 Å². The first-order valence-corrected chi connectivity index (χ1v) is 5.33. The largest absolute Gasteiger partial charge is 0.349 e. The van der Waals surface area contributed by atoms with Crippen LogP contribution in [0.1, 0.15) is 23.3 Å². The van der Waals surface area contributed by atoms with Gasteiger partial charge in [0.25, 0.3) is 11.5 Å². The molecule has 0 radical (unpaired) electrons. The van der Waals surface area contributed by atoms with Crippen molar-refractivity contribution in [3.05, 3.63) is 28.2 Å². The summed E-state index contributed by atoms with van der Waals surface area (Å²) in [5.41, 5.74) is -0.0852. The van der Waals surface area contributed by atoms with Crippen molar-refractivity contribution in [3.63, 3.8) is 0 Å². The summed E-state index contributed by atoms with van der Waals surface area (Å²) in [6, 6.07) is 3.33. The number of hydrogen-bond acceptors (Lipinski definition) is 4. The second-order valence-corrected chi connectivity index (χ2v) is 3.79. The zero-order valence-electron chi connectivity index (χ0n) is 8.82. The molecule has 1 aromatic heterocycles. The molecule has 1 heterocycles. The highest BCUT2D eigenvalue weighted by Gasteiger charge is 2.19. The lowest BCUT2D eigenvalue weighted by Gasteiger charge is -2.04. The van der Waals surface area contributed by atoms with Gasteiger partial charge in [0.05, 0.1) is 0 Å². The van der Waals surface area contributed by atoms with Gasteiger partial charge in [-0.25, -0.2) is 5.10 Å². The van der Waals surface area contributed by atoms with E-state index in [1.165, 1.54) is 25.0 Å². The molecule has 0 saturated heterocycles. The Balaban J connectivity index is 1.73. The van der Waals surface area contributed by atoms with Crippen LogP contribution in [-0.2, 0) is 0 Å². The molecule has 86 valence electrons. The highest BCUT2D eigenvalue weighted by Crippen LogP contribution is 2.17. The average Bonchev–Trinajstić information content (AvgIpc) is 3.09. The fourth-order valence-corrected chi connectivity index (χ4v) is 1.30. The van der Waals surface area contributed by atoms with Crippen molar-refractivity contribution in [2.24, 2.45) is 0 Å². The van der Waals surface area contributed by atoms with Gasteiger partial charge in [-0.2, -0.15) is 5.10 Å². The predicted octanol–water partition coefficient (Wildman–Crippen LogP) is -0.748. The lowest BCUT2D eigenvalue weighted by atomic mass is 10.3. The fourth-order valence-electron chi connectivity index (χ4n) is 1.30. The number of amides is 1. The topological polar surface area (TPSA) is 86.9 Å². The molecule has 6 heteroatoms. The van der Waals surface area contributed by atoms with Crippen LogP contribution in [0.3, 0.4) is 0 Å². The van der Waals surface area contributed by atoms with E-state index in [0.29, 0.717) is 12.6 Å². The minimum Gasteiger partial charge on any atom is -0.349 e. The van der Waals surface area contributed by atoms with Crippen LogP contribution < -0.4 is 16.2 Å². The summed E-state index contributed by atoms with van der Waals surface area (Å²) in [7, 11) is 0. The van der Waals surface area contributed by atoms with E-state index in [9.17, 15) is 9.59 Å². The van der Waals surface area contributed by atoms with E-state index in [2.05, 4.69) is 20.8 Å². The molecule has 0 spiro atoms. The lowest BCUT2D eigenvalue weighted by molar-refractivity contribution is 0.0948. The van der Waals surface area contributed by atoms with E-state index in [0.717, 1.165) is 6.54 Å². The third-order valence-corrected chi connectivity index (χ3v) is 2.33. The van der Waals surface area contributed by atoms with Crippen molar-refractivity contribution in [3.8, 4) is 0 Å². The molecule has 0 unspecified atom stereocenters. The van der Waals surface area contributed by atoms with Crippen molar-refractivity contribution >= 4 is 5.91 Å². The zero-order chi connectivity index (χ0) is 11.4. The van der Waals surface area contributed by atoms with Gasteiger partial charge in [0.15, 0.2) is 0 Å². The minimum absolute atomic E-state index is 0.228. The summed E-state index contributed by atoms with van der Waals surface area (Å²) in [6.45, 7) is 1.33. The molecule has 16 heavy (non-hydrogen) atoms. The summed E-state index contributed by atoms with van der Waals surface area (Å²) >= 11 is 0. The second-order valence-electron chi connectivity index (χ2n) is 3.79. The van der Waals surface area contributed by atoms with Gasteiger partial charge in [-0.3, -0.25) is 9.59 Å². The Kier molecular flexibility index (Phi) is 3.31. The normalized spacial score (nSPS) is 14.8. The van der Waals surface area contributed by atoms with Gasteiger partial charge in [0.2, 0.25) is 0 Å². The van der Waals surface area contributed by atoms with E-state index in [1.54, 1.807) is 0 Å². The van der Waals surface area contributed by atoms with Crippen LogP contribution in [0, 0.1) is 0 Å².